The first-order valence-corrected chi connectivity index (χ1v) is 11.2. The third kappa shape index (κ3) is 4.49. The number of amides is 2. The molecule has 2 amide bonds. The number of rotatable bonds is 4. The number of hydrogen-bond acceptors (Lipinski definition) is 6. The molecule has 1 aliphatic rings. The van der Waals surface area contributed by atoms with Crippen molar-refractivity contribution in [2.75, 3.05) is 18.4 Å². The summed E-state index contributed by atoms with van der Waals surface area (Å²) in [4.78, 5) is 24.5. The zero-order chi connectivity index (χ0) is 23.0. The number of aliphatic hydroxyl groups is 1. The fourth-order valence-electron chi connectivity index (χ4n) is 3.73. The van der Waals surface area contributed by atoms with Gasteiger partial charge in [-0.2, -0.15) is 5.26 Å². The lowest BCUT2D eigenvalue weighted by Crippen LogP contribution is -2.58. The number of aromatic nitrogens is 2. The fraction of sp³-hybridized carbons (Fsp3) is 0.333. The molecule has 2 aromatic heterocycles. The van der Waals surface area contributed by atoms with Crippen LogP contribution < -0.4 is 5.32 Å². The van der Waals surface area contributed by atoms with Gasteiger partial charge in [-0.15, -0.1) is 0 Å². The van der Waals surface area contributed by atoms with E-state index in [0.29, 0.717) is 29.5 Å². The minimum Gasteiger partial charge on any atom is -0.390 e. The molecule has 0 aliphatic carbocycles. The SMILES string of the molecule is Cc1cc(-c2sc(NC(=O)N3CC(C(C)(C)O)C3)nc2-c2cccc(C#N)c2)cc(C)n1. The molecular weight excluding hydrogens is 422 g/mol. The Bertz CT molecular complexity index is 1200. The summed E-state index contributed by atoms with van der Waals surface area (Å²) in [6.45, 7) is 8.43. The van der Waals surface area contributed by atoms with Crippen molar-refractivity contribution in [1.29, 1.82) is 5.26 Å². The van der Waals surface area contributed by atoms with Crippen molar-refractivity contribution >= 4 is 22.5 Å². The van der Waals surface area contributed by atoms with Crippen LogP contribution in [0.25, 0.3) is 21.7 Å². The maximum absolute atomic E-state index is 12.7. The molecule has 1 aliphatic heterocycles. The summed E-state index contributed by atoms with van der Waals surface area (Å²) in [5.41, 5.74) is 4.03. The van der Waals surface area contributed by atoms with Crippen molar-refractivity contribution < 1.29 is 9.90 Å². The second-order valence-corrected chi connectivity index (χ2v) is 9.71. The van der Waals surface area contributed by atoms with Gasteiger partial charge in [0.15, 0.2) is 5.13 Å². The standard InChI is InChI=1S/C24H25N5O2S/c1-14-8-18(9-15(2)26-14)21-20(17-7-5-6-16(10-17)11-25)27-22(32-21)28-23(30)29-12-19(13-29)24(3,4)31/h5-10,19,31H,12-13H2,1-4H3,(H,27,28,30). The van der Waals surface area contributed by atoms with Crippen LogP contribution in [0.2, 0.25) is 0 Å². The number of hydrogen-bond donors (Lipinski definition) is 2. The van der Waals surface area contributed by atoms with Gasteiger partial charge >= 0.3 is 6.03 Å². The van der Waals surface area contributed by atoms with E-state index in [1.54, 1.807) is 30.9 Å². The van der Waals surface area contributed by atoms with Gasteiger partial charge in [0.25, 0.3) is 0 Å². The van der Waals surface area contributed by atoms with E-state index in [-0.39, 0.29) is 11.9 Å². The van der Waals surface area contributed by atoms with Crippen LogP contribution in [0, 0.1) is 31.1 Å². The second-order valence-electron chi connectivity index (χ2n) is 8.71. The minimum atomic E-state index is -0.804. The number of benzene rings is 1. The van der Waals surface area contributed by atoms with E-state index >= 15 is 0 Å². The zero-order valence-electron chi connectivity index (χ0n) is 18.5. The molecule has 0 bridgehead atoms. The van der Waals surface area contributed by atoms with Gasteiger partial charge in [0, 0.05) is 36.0 Å². The summed E-state index contributed by atoms with van der Waals surface area (Å²) in [6, 6.07) is 13.2. The van der Waals surface area contributed by atoms with Crippen LogP contribution in [0.4, 0.5) is 9.93 Å². The Balaban J connectivity index is 1.67. The number of carbonyl (C=O) groups excluding carboxylic acids is 1. The largest absolute Gasteiger partial charge is 0.390 e. The van der Waals surface area contributed by atoms with Crippen LogP contribution in [0.3, 0.4) is 0 Å². The summed E-state index contributed by atoms with van der Waals surface area (Å²) < 4.78 is 0. The van der Waals surface area contributed by atoms with E-state index in [1.807, 2.05) is 38.1 Å². The lowest BCUT2D eigenvalue weighted by atomic mass is 9.85. The van der Waals surface area contributed by atoms with E-state index < -0.39 is 5.60 Å². The molecule has 0 spiro atoms. The van der Waals surface area contributed by atoms with E-state index in [1.165, 1.54) is 11.3 Å². The number of thiazole rings is 1. The molecule has 1 fully saturated rings. The number of nitrogens with zero attached hydrogens (tertiary/aromatic N) is 4. The van der Waals surface area contributed by atoms with Gasteiger partial charge in [-0.25, -0.2) is 9.78 Å². The number of nitriles is 1. The summed E-state index contributed by atoms with van der Waals surface area (Å²) in [5.74, 6) is 0.0622. The first-order valence-electron chi connectivity index (χ1n) is 10.4. The average molecular weight is 448 g/mol. The van der Waals surface area contributed by atoms with Gasteiger partial charge < -0.3 is 10.0 Å². The fourth-order valence-corrected chi connectivity index (χ4v) is 4.69. The Morgan fingerprint density at radius 3 is 2.50 bits per heavy atom. The molecule has 7 nitrogen and oxygen atoms in total. The Labute approximate surface area is 191 Å². The summed E-state index contributed by atoms with van der Waals surface area (Å²) >= 11 is 1.40. The van der Waals surface area contributed by atoms with Crippen molar-refractivity contribution in [2.45, 2.75) is 33.3 Å². The van der Waals surface area contributed by atoms with Crippen molar-refractivity contribution in [3.8, 4) is 27.8 Å². The molecule has 8 heteroatoms. The minimum absolute atomic E-state index is 0.0622. The number of urea groups is 1. The molecule has 0 radical (unpaired) electrons. The van der Waals surface area contributed by atoms with Gasteiger partial charge in [-0.1, -0.05) is 23.5 Å². The molecule has 3 aromatic rings. The third-order valence-corrected chi connectivity index (χ3v) is 6.64. The zero-order valence-corrected chi connectivity index (χ0v) is 19.3. The normalized spacial score (nSPS) is 14.1. The third-order valence-electron chi connectivity index (χ3n) is 5.62. The van der Waals surface area contributed by atoms with Crippen LogP contribution >= 0.6 is 11.3 Å². The molecule has 0 unspecified atom stereocenters. The maximum Gasteiger partial charge on any atom is 0.323 e. The van der Waals surface area contributed by atoms with Crippen LogP contribution in [-0.4, -0.2) is 44.7 Å². The highest BCUT2D eigenvalue weighted by Crippen LogP contribution is 2.40. The highest BCUT2D eigenvalue weighted by molar-refractivity contribution is 7.19. The van der Waals surface area contributed by atoms with Crippen LogP contribution in [0.1, 0.15) is 30.8 Å². The van der Waals surface area contributed by atoms with Gasteiger partial charge in [0.2, 0.25) is 0 Å². The number of likely N-dealkylation sites (tertiary alicyclic amines) is 1. The van der Waals surface area contributed by atoms with Crippen LogP contribution in [0.15, 0.2) is 36.4 Å². The molecule has 1 aromatic carbocycles. The number of anilines is 1. The highest BCUT2D eigenvalue weighted by atomic mass is 32.1. The number of nitrogens with one attached hydrogen (secondary N) is 1. The lowest BCUT2D eigenvalue weighted by Gasteiger charge is -2.44. The average Bonchev–Trinajstić information content (AvgIpc) is 3.08. The smallest absolute Gasteiger partial charge is 0.323 e. The molecule has 4 rings (SSSR count). The van der Waals surface area contributed by atoms with Gasteiger partial charge in [0.1, 0.15) is 0 Å². The topological polar surface area (TPSA) is 102 Å². The monoisotopic (exact) mass is 447 g/mol. The molecule has 0 saturated carbocycles. The van der Waals surface area contributed by atoms with Crippen molar-refractivity contribution in [2.24, 2.45) is 5.92 Å². The Hall–Kier alpha value is -3.28. The first-order chi connectivity index (χ1) is 15.1. The molecule has 1 saturated heterocycles. The summed E-state index contributed by atoms with van der Waals surface area (Å²) in [7, 11) is 0. The Morgan fingerprint density at radius 2 is 1.88 bits per heavy atom. The predicted octanol–water partition coefficient (Wildman–Crippen LogP) is 4.60. The van der Waals surface area contributed by atoms with E-state index in [9.17, 15) is 15.2 Å². The van der Waals surface area contributed by atoms with Crippen LogP contribution in [0.5, 0.6) is 0 Å². The molecule has 0 atom stereocenters. The molecule has 164 valence electrons. The summed E-state index contributed by atoms with van der Waals surface area (Å²) in [5, 5.41) is 22.8. The van der Waals surface area contributed by atoms with E-state index in [0.717, 1.165) is 27.4 Å². The van der Waals surface area contributed by atoms with E-state index in [4.69, 9.17) is 4.98 Å². The quantitative estimate of drug-likeness (QED) is 0.609. The number of pyridine rings is 1. The summed E-state index contributed by atoms with van der Waals surface area (Å²) in [6.07, 6.45) is 0. The van der Waals surface area contributed by atoms with Crippen molar-refractivity contribution in [1.82, 2.24) is 14.9 Å². The molecule has 32 heavy (non-hydrogen) atoms. The molecule has 2 N–H and O–H groups in total. The molecular formula is C24H25N5O2S. The highest BCUT2D eigenvalue weighted by Gasteiger charge is 2.40. The lowest BCUT2D eigenvalue weighted by molar-refractivity contribution is -0.0440. The Kier molecular flexibility index (Phi) is 5.71. The maximum atomic E-state index is 12.7. The van der Waals surface area contributed by atoms with Gasteiger partial charge in [-0.3, -0.25) is 10.3 Å². The number of aryl methyl sites for hydroxylation is 2. The Morgan fingerprint density at radius 1 is 1.19 bits per heavy atom. The van der Waals surface area contributed by atoms with Crippen LogP contribution in [-0.2, 0) is 0 Å². The first kappa shape index (κ1) is 21.9. The molecule has 3 heterocycles. The predicted molar refractivity (Wildman–Crippen MR) is 125 cm³/mol. The van der Waals surface area contributed by atoms with Gasteiger partial charge in [-0.05, 0) is 57.5 Å². The number of carbonyl (C=O) groups is 1. The van der Waals surface area contributed by atoms with Crippen molar-refractivity contribution in [3.05, 3.63) is 53.3 Å². The van der Waals surface area contributed by atoms with E-state index in [2.05, 4.69) is 16.4 Å². The second kappa shape index (κ2) is 8.34. The van der Waals surface area contributed by atoms with Crippen molar-refractivity contribution in [3.63, 3.8) is 0 Å². The van der Waals surface area contributed by atoms with Gasteiger partial charge in [0.05, 0.1) is 27.8 Å².